The van der Waals surface area contributed by atoms with Crippen LogP contribution in [0.2, 0.25) is 0 Å². The second-order valence-corrected chi connectivity index (χ2v) is 9.25. The molecular weight excluding hydrogens is 536 g/mol. The van der Waals surface area contributed by atoms with Gasteiger partial charge >= 0.3 is 5.97 Å². The third kappa shape index (κ3) is 37.1. The molecule has 0 aliphatic rings. The Hall–Kier alpha value is -0.890. The molecule has 0 amide bonds. The number of esters is 1. The molecule has 11 nitrogen and oxygen atoms in total. The minimum Gasteiger partial charge on any atom is -0.463 e. The fourth-order valence-corrected chi connectivity index (χ4v) is 3.27. The molecule has 0 aromatic heterocycles. The summed E-state index contributed by atoms with van der Waals surface area (Å²) in [6.07, 6.45) is 8.34. The number of unbranched alkanes of at least 4 members (excludes halogenated alkanes) is 5. The Kier molecular flexibility index (Phi) is 36.3. The fourth-order valence-electron chi connectivity index (χ4n) is 3.27. The minimum atomic E-state index is -0.144. The summed E-state index contributed by atoms with van der Waals surface area (Å²) < 4.78 is 54.1. The first-order valence-electron chi connectivity index (χ1n) is 15.7. The summed E-state index contributed by atoms with van der Waals surface area (Å²) in [5, 5.41) is 0. The van der Waals surface area contributed by atoms with Gasteiger partial charge in [0, 0.05) is 13.0 Å². The van der Waals surface area contributed by atoms with Crippen molar-refractivity contribution in [2.45, 2.75) is 65.2 Å². The van der Waals surface area contributed by atoms with E-state index in [1.807, 2.05) is 0 Å². The van der Waals surface area contributed by atoms with Crippen LogP contribution in [0.15, 0.2) is 0 Å². The van der Waals surface area contributed by atoms with Crippen LogP contribution in [0.4, 0.5) is 0 Å². The number of carbonyl (C=O) groups is 1. The molecule has 0 fully saturated rings. The zero-order chi connectivity index (χ0) is 29.7. The summed E-state index contributed by atoms with van der Waals surface area (Å²) in [6, 6.07) is 0. The van der Waals surface area contributed by atoms with Crippen molar-refractivity contribution in [3.8, 4) is 0 Å². The highest BCUT2D eigenvalue weighted by atomic mass is 16.6. The van der Waals surface area contributed by atoms with Gasteiger partial charge in [-0.25, -0.2) is 0 Å². The van der Waals surface area contributed by atoms with Crippen LogP contribution in [-0.4, -0.2) is 132 Å². The van der Waals surface area contributed by atoms with Gasteiger partial charge in [-0.3, -0.25) is 4.79 Å². The summed E-state index contributed by atoms with van der Waals surface area (Å²) in [5.74, 6) is -0.144. The standard InChI is InChI=1S/C30H60O11/c1-3-5-7-8-9-10-30(31)41-29-28-40-27-26-39-25-24-38-23-22-37-21-20-36-19-18-35-17-16-34-15-14-33-13-12-32-11-6-4-2/h3-29H2,1-2H3. The third-order valence-corrected chi connectivity index (χ3v) is 5.59. The lowest BCUT2D eigenvalue weighted by Crippen LogP contribution is -2.15. The molecule has 11 heteroatoms. The van der Waals surface area contributed by atoms with Gasteiger partial charge in [0.15, 0.2) is 0 Å². The lowest BCUT2D eigenvalue weighted by Gasteiger charge is -2.09. The largest absolute Gasteiger partial charge is 0.463 e. The molecule has 0 bridgehead atoms. The second kappa shape index (κ2) is 37.1. The molecular formula is C30H60O11. The molecule has 0 N–H and O–H groups in total. The zero-order valence-corrected chi connectivity index (χ0v) is 26.1. The Morgan fingerprint density at radius 2 is 0.634 bits per heavy atom. The third-order valence-electron chi connectivity index (χ3n) is 5.59. The molecule has 0 aliphatic carbocycles. The molecule has 0 atom stereocenters. The molecule has 0 aromatic rings. The first-order valence-corrected chi connectivity index (χ1v) is 15.7. The first-order chi connectivity index (χ1) is 20.3. The summed E-state index contributed by atoms with van der Waals surface area (Å²) in [7, 11) is 0. The summed E-state index contributed by atoms with van der Waals surface area (Å²) in [6.45, 7) is 14.2. The SMILES string of the molecule is CCCCCCCC(=O)OCCOCCOCCOCCOCCOCCOCCOCCOCCOCCCC. The number of hydrogen-bond donors (Lipinski definition) is 0. The van der Waals surface area contributed by atoms with Crippen LogP contribution >= 0.6 is 0 Å². The molecule has 0 saturated carbocycles. The van der Waals surface area contributed by atoms with Gasteiger partial charge in [0.25, 0.3) is 0 Å². The molecule has 0 saturated heterocycles. The van der Waals surface area contributed by atoms with Crippen LogP contribution in [-0.2, 0) is 52.2 Å². The van der Waals surface area contributed by atoms with Gasteiger partial charge < -0.3 is 47.4 Å². The Morgan fingerprint density at radius 1 is 0.341 bits per heavy atom. The maximum absolute atomic E-state index is 11.6. The molecule has 0 radical (unpaired) electrons. The zero-order valence-electron chi connectivity index (χ0n) is 26.1. The Morgan fingerprint density at radius 3 is 0.976 bits per heavy atom. The van der Waals surface area contributed by atoms with E-state index in [9.17, 15) is 4.79 Å². The summed E-state index contributed by atoms with van der Waals surface area (Å²) in [5.41, 5.74) is 0. The van der Waals surface area contributed by atoms with Crippen molar-refractivity contribution in [1.82, 2.24) is 0 Å². The van der Waals surface area contributed by atoms with E-state index in [1.165, 1.54) is 19.3 Å². The van der Waals surface area contributed by atoms with E-state index in [2.05, 4.69) is 13.8 Å². The molecule has 0 aliphatic heterocycles. The molecule has 0 rings (SSSR count). The Bertz CT molecular complexity index is 497. The number of carbonyl (C=O) groups excluding carboxylic acids is 1. The predicted molar refractivity (Wildman–Crippen MR) is 157 cm³/mol. The Labute approximate surface area is 249 Å². The molecule has 0 aromatic carbocycles. The van der Waals surface area contributed by atoms with Crippen molar-refractivity contribution >= 4 is 5.97 Å². The lowest BCUT2D eigenvalue weighted by atomic mass is 10.1. The maximum Gasteiger partial charge on any atom is 0.305 e. The van der Waals surface area contributed by atoms with Crippen molar-refractivity contribution in [2.75, 3.05) is 126 Å². The van der Waals surface area contributed by atoms with Crippen molar-refractivity contribution in [2.24, 2.45) is 0 Å². The normalized spacial score (nSPS) is 11.4. The number of hydrogen-bond acceptors (Lipinski definition) is 11. The van der Waals surface area contributed by atoms with E-state index in [0.717, 1.165) is 32.3 Å². The molecule has 41 heavy (non-hydrogen) atoms. The fraction of sp³-hybridized carbons (Fsp3) is 0.967. The summed E-state index contributed by atoms with van der Waals surface area (Å²) in [4.78, 5) is 11.6. The van der Waals surface area contributed by atoms with Crippen LogP contribution in [0.25, 0.3) is 0 Å². The molecule has 0 spiro atoms. The van der Waals surface area contributed by atoms with Gasteiger partial charge in [0.05, 0.1) is 112 Å². The van der Waals surface area contributed by atoms with E-state index in [-0.39, 0.29) is 5.97 Å². The van der Waals surface area contributed by atoms with Crippen molar-refractivity contribution in [1.29, 1.82) is 0 Å². The maximum atomic E-state index is 11.6. The van der Waals surface area contributed by atoms with Gasteiger partial charge in [0.2, 0.25) is 0 Å². The first kappa shape index (κ1) is 40.1. The monoisotopic (exact) mass is 596 g/mol. The summed E-state index contributed by atoms with van der Waals surface area (Å²) >= 11 is 0. The predicted octanol–water partition coefficient (Wildman–Crippen LogP) is 3.84. The molecule has 0 heterocycles. The average Bonchev–Trinajstić information content (AvgIpc) is 2.98. The van der Waals surface area contributed by atoms with Crippen LogP contribution in [0, 0.1) is 0 Å². The highest BCUT2D eigenvalue weighted by Gasteiger charge is 2.02. The van der Waals surface area contributed by atoms with E-state index >= 15 is 0 Å². The van der Waals surface area contributed by atoms with E-state index < -0.39 is 0 Å². The van der Waals surface area contributed by atoms with Gasteiger partial charge in [-0.2, -0.15) is 0 Å². The van der Waals surface area contributed by atoms with E-state index in [4.69, 9.17) is 47.4 Å². The van der Waals surface area contributed by atoms with Gasteiger partial charge in [-0.15, -0.1) is 0 Å². The van der Waals surface area contributed by atoms with Gasteiger partial charge in [-0.1, -0.05) is 46.0 Å². The number of rotatable bonds is 36. The van der Waals surface area contributed by atoms with Crippen LogP contribution < -0.4 is 0 Å². The molecule has 246 valence electrons. The van der Waals surface area contributed by atoms with Crippen LogP contribution in [0.5, 0.6) is 0 Å². The van der Waals surface area contributed by atoms with Crippen molar-refractivity contribution in [3.63, 3.8) is 0 Å². The average molecular weight is 597 g/mol. The lowest BCUT2D eigenvalue weighted by molar-refractivity contribution is -0.145. The van der Waals surface area contributed by atoms with Gasteiger partial charge in [-0.05, 0) is 12.8 Å². The highest BCUT2D eigenvalue weighted by molar-refractivity contribution is 5.69. The quantitative estimate of drug-likeness (QED) is 0.0777. The number of ether oxygens (including phenoxy) is 10. The van der Waals surface area contributed by atoms with Crippen LogP contribution in [0.3, 0.4) is 0 Å². The second-order valence-electron chi connectivity index (χ2n) is 9.25. The molecule has 0 unspecified atom stereocenters. The van der Waals surface area contributed by atoms with Gasteiger partial charge in [0.1, 0.15) is 6.61 Å². The van der Waals surface area contributed by atoms with Crippen LogP contribution in [0.1, 0.15) is 65.2 Å². The van der Waals surface area contributed by atoms with Crippen molar-refractivity contribution in [3.05, 3.63) is 0 Å². The minimum absolute atomic E-state index is 0.144. The van der Waals surface area contributed by atoms with Crippen molar-refractivity contribution < 1.29 is 52.2 Å². The van der Waals surface area contributed by atoms with E-state index in [0.29, 0.717) is 125 Å². The van der Waals surface area contributed by atoms with E-state index in [1.54, 1.807) is 0 Å². The Balaban J connectivity index is 3.08. The topological polar surface area (TPSA) is 109 Å². The smallest absolute Gasteiger partial charge is 0.305 e. The highest BCUT2D eigenvalue weighted by Crippen LogP contribution is 2.05.